The van der Waals surface area contributed by atoms with E-state index in [9.17, 15) is 4.79 Å². The number of methoxy groups -OCH3 is 1. The molecule has 1 atom stereocenters. The molecule has 3 nitrogen and oxygen atoms in total. The number of nitrogens with one attached hydrogen (secondary N) is 1. The molecule has 1 aliphatic carbocycles. The highest BCUT2D eigenvalue weighted by atomic mass is 16.5. The van der Waals surface area contributed by atoms with Gasteiger partial charge in [0.1, 0.15) is 0 Å². The molecule has 1 heterocycles. The summed E-state index contributed by atoms with van der Waals surface area (Å²) in [5.41, 5.74) is 1.31. The number of rotatable bonds is 2. The molecule has 1 spiro atoms. The largest absolute Gasteiger partial charge is 0.381 e. The van der Waals surface area contributed by atoms with Crippen molar-refractivity contribution < 1.29 is 9.53 Å². The van der Waals surface area contributed by atoms with Gasteiger partial charge >= 0.3 is 0 Å². The molecule has 1 unspecified atom stereocenters. The van der Waals surface area contributed by atoms with Crippen molar-refractivity contribution in [3.63, 3.8) is 0 Å². The second kappa shape index (κ2) is 3.84. The van der Waals surface area contributed by atoms with Crippen LogP contribution in [0.5, 0.6) is 0 Å². The molecule has 2 fully saturated rings. The van der Waals surface area contributed by atoms with E-state index in [1.165, 1.54) is 5.56 Å². The first-order valence-electron chi connectivity index (χ1n) is 6.11. The monoisotopic (exact) mass is 231 g/mol. The number of amides is 1. The van der Waals surface area contributed by atoms with Crippen LogP contribution in [0.3, 0.4) is 0 Å². The van der Waals surface area contributed by atoms with E-state index in [0.29, 0.717) is 12.5 Å². The number of carbonyl (C=O) groups excluding carboxylic acids is 1. The molecular weight excluding hydrogens is 214 g/mol. The van der Waals surface area contributed by atoms with Crippen LogP contribution in [0.4, 0.5) is 0 Å². The molecule has 1 saturated heterocycles. The molecule has 0 radical (unpaired) electrons. The van der Waals surface area contributed by atoms with Gasteiger partial charge in [-0.25, -0.2) is 0 Å². The Morgan fingerprint density at radius 2 is 2.00 bits per heavy atom. The summed E-state index contributed by atoms with van der Waals surface area (Å²) in [5.74, 6) is 0.174. The topological polar surface area (TPSA) is 38.3 Å². The minimum Gasteiger partial charge on any atom is -0.381 e. The Hall–Kier alpha value is -1.35. The van der Waals surface area contributed by atoms with Gasteiger partial charge in [0, 0.05) is 18.9 Å². The van der Waals surface area contributed by atoms with Crippen LogP contribution in [0.15, 0.2) is 30.3 Å². The van der Waals surface area contributed by atoms with Crippen LogP contribution >= 0.6 is 0 Å². The van der Waals surface area contributed by atoms with Crippen LogP contribution in [-0.4, -0.2) is 19.1 Å². The normalized spacial score (nSPS) is 35.7. The summed E-state index contributed by atoms with van der Waals surface area (Å²) in [4.78, 5) is 11.7. The van der Waals surface area contributed by atoms with Crippen LogP contribution in [0.25, 0.3) is 0 Å². The molecular formula is C14H17NO2. The van der Waals surface area contributed by atoms with Gasteiger partial charge in [0.25, 0.3) is 0 Å². The van der Waals surface area contributed by atoms with E-state index < -0.39 is 0 Å². The van der Waals surface area contributed by atoms with Gasteiger partial charge in [-0.3, -0.25) is 4.79 Å². The van der Waals surface area contributed by atoms with Crippen molar-refractivity contribution in [3.8, 4) is 0 Å². The number of carbonyl (C=O) groups is 1. The molecule has 0 aromatic heterocycles. The first-order chi connectivity index (χ1) is 8.23. The first-order valence-corrected chi connectivity index (χ1v) is 6.11. The molecule has 1 aromatic rings. The van der Waals surface area contributed by atoms with Crippen molar-refractivity contribution in [2.24, 2.45) is 5.41 Å². The third kappa shape index (κ3) is 1.65. The molecule has 3 heteroatoms. The van der Waals surface area contributed by atoms with Gasteiger partial charge in [0.05, 0.1) is 12.1 Å². The molecule has 1 aliphatic heterocycles. The highest BCUT2D eigenvalue weighted by Crippen LogP contribution is 2.56. The zero-order valence-electron chi connectivity index (χ0n) is 9.98. The molecule has 1 amide bonds. The Morgan fingerprint density at radius 3 is 2.65 bits per heavy atom. The minimum atomic E-state index is 0.0963. The van der Waals surface area contributed by atoms with E-state index in [1.807, 2.05) is 18.2 Å². The van der Waals surface area contributed by atoms with E-state index >= 15 is 0 Å². The summed E-state index contributed by atoms with van der Waals surface area (Å²) in [5, 5.41) is 3.11. The fraction of sp³-hybridized carbons (Fsp3) is 0.500. The standard InChI is InChI=1S/C14H17NO2/c1-17-11-7-14(8-11)9-12(16)15-13(14)10-5-3-2-4-6-10/h2-6,11,13H,7-9H2,1H3,(H,15,16). The average molecular weight is 231 g/mol. The summed E-state index contributed by atoms with van der Waals surface area (Å²) >= 11 is 0. The lowest BCUT2D eigenvalue weighted by Crippen LogP contribution is -2.45. The molecule has 0 bridgehead atoms. The first kappa shape index (κ1) is 10.8. The number of ether oxygens (including phenoxy) is 1. The second-order valence-corrected chi connectivity index (χ2v) is 5.22. The molecule has 2 aliphatic rings. The SMILES string of the molecule is COC1CC2(CC(=O)NC2c2ccccc2)C1. The fourth-order valence-electron chi connectivity index (χ4n) is 3.26. The van der Waals surface area contributed by atoms with Crippen LogP contribution in [0, 0.1) is 5.41 Å². The minimum absolute atomic E-state index is 0.0963. The lowest BCUT2D eigenvalue weighted by atomic mass is 9.61. The fourth-order valence-corrected chi connectivity index (χ4v) is 3.26. The summed E-state index contributed by atoms with van der Waals surface area (Å²) in [7, 11) is 1.75. The summed E-state index contributed by atoms with van der Waals surface area (Å²) in [6.07, 6.45) is 2.95. The van der Waals surface area contributed by atoms with E-state index in [0.717, 1.165) is 12.8 Å². The highest BCUT2D eigenvalue weighted by molar-refractivity contribution is 5.80. The van der Waals surface area contributed by atoms with Crippen LogP contribution in [-0.2, 0) is 9.53 Å². The van der Waals surface area contributed by atoms with Crippen molar-refractivity contribution in [2.75, 3.05) is 7.11 Å². The Labute approximate surface area is 101 Å². The van der Waals surface area contributed by atoms with Crippen molar-refractivity contribution in [3.05, 3.63) is 35.9 Å². The van der Waals surface area contributed by atoms with Gasteiger partial charge in [-0.05, 0) is 18.4 Å². The van der Waals surface area contributed by atoms with E-state index in [1.54, 1.807) is 7.11 Å². The third-order valence-electron chi connectivity index (χ3n) is 4.16. The molecule has 1 aromatic carbocycles. The highest BCUT2D eigenvalue weighted by Gasteiger charge is 2.55. The van der Waals surface area contributed by atoms with Gasteiger partial charge in [-0.2, -0.15) is 0 Å². The zero-order valence-corrected chi connectivity index (χ0v) is 9.98. The summed E-state index contributed by atoms with van der Waals surface area (Å²) in [6, 6.07) is 10.4. The second-order valence-electron chi connectivity index (χ2n) is 5.22. The molecule has 17 heavy (non-hydrogen) atoms. The molecule has 90 valence electrons. The van der Waals surface area contributed by atoms with Gasteiger partial charge in [0.2, 0.25) is 5.91 Å². The van der Waals surface area contributed by atoms with Crippen molar-refractivity contribution in [2.45, 2.75) is 31.4 Å². The van der Waals surface area contributed by atoms with E-state index in [2.05, 4.69) is 17.4 Å². The summed E-state index contributed by atoms with van der Waals surface area (Å²) in [6.45, 7) is 0. The third-order valence-corrected chi connectivity index (χ3v) is 4.16. The maximum Gasteiger partial charge on any atom is 0.221 e. The van der Waals surface area contributed by atoms with Crippen LogP contribution < -0.4 is 5.32 Å². The number of hydrogen-bond donors (Lipinski definition) is 1. The van der Waals surface area contributed by atoms with Gasteiger partial charge < -0.3 is 10.1 Å². The Morgan fingerprint density at radius 1 is 1.29 bits per heavy atom. The molecule has 3 rings (SSSR count). The Balaban J connectivity index is 1.86. The Kier molecular flexibility index (Phi) is 2.44. The lowest BCUT2D eigenvalue weighted by Gasteiger charge is -2.47. The van der Waals surface area contributed by atoms with Crippen molar-refractivity contribution in [1.29, 1.82) is 0 Å². The number of hydrogen-bond acceptors (Lipinski definition) is 2. The van der Waals surface area contributed by atoms with E-state index in [-0.39, 0.29) is 17.4 Å². The zero-order chi connectivity index (χ0) is 11.9. The van der Waals surface area contributed by atoms with Crippen molar-refractivity contribution in [1.82, 2.24) is 5.32 Å². The van der Waals surface area contributed by atoms with Gasteiger partial charge in [0.15, 0.2) is 0 Å². The predicted octanol–water partition coefficient (Wildman–Crippen LogP) is 2.04. The maximum atomic E-state index is 11.7. The van der Waals surface area contributed by atoms with Crippen molar-refractivity contribution >= 4 is 5.91 Å². The predicted molar refractivity (Wildman–Crippen MR) is 64.4 cm³/mol. The maximum absolute atomic E-state index is 11.7. The molecule has 1 N–H and O–H groups in total. The lowest BCUT2D eigenvalue weighted by molar-refractivity contribution is -0.121. The smallest absolute Gasteiger partial charge is 0.221 e. The molecule has 1 saturated carbocycles. The number of benzene rings is 1. The quantitative estimate of drug-likeness (QED) is 0.846. The Bertz CT molecular complexity index is 423. The van der Waals surface area contributed by atoms with E-state index in [4.69, 9.17) is 4.74 Å². The van der Waals surface area contributed by atoms with Crippen LogP contribution in [0.1, 0.15) is 30.9 Å². The summed E-state index contributed by atoms with van der Waals surface area (Å²) < 4.78 is 5.35. The average Bonchev–Trinajstić information content (AvgIpc) is 2.66. The van der Waals surface area contributed by atoms with Crippen LogP contribution in [0.2, 0.25) is 0 Å². The van der Waals surface area contributed by atoms with Gasteiger partial charge in [-0.1, -0.05) is 30.3 Å². The van der Waals surface area contributed by atoms with Gasteiger partial charge in [-0.15, -0.1) is 0 Å².